The molecule has 25 heavy (non-hydrogen) atoms. The Kier molecular flexibility index (Phi) is 7.07. The van der Waals surface area contributed by atoms with Crippen LogP contribution in [0.2, 0.25) is 0 Å². The quantitative estimate of drug-likeness (QED) is 0.580. The number of ether oxygens (including phenoxy) is 1. The molecule has 140 valence electrons. The van der Waals surface area contributed by atoms with Gasteiger partial charge in [0.1, 0.15) is 5.75 Å². The van der Waals surface area contributed by atoms with Crippen molar-refractivity contribution in [2.24, 2.45) is 4.99 Å². The molecule has 0 saturated carbocycles. The summed E-state index contributed by atoms with van der Waals surface area (Å²) < 4.78 is 28.1. The number of sulfone groups is 1. The van der Waals surface area contributed by atoms with Gasteiger partial charge in [-0.3, -0.25) is 9.89 Å². The van der Waals surface area contributed by atoms with E-state index in [1.165, 1.54) is 5.56 Å². The minimum Gasteiger partial charge on any atom is -0.497 e. The number of aliphatic imine (C=N–C) groups is 1. The van der Waals surface area contributed by atoms with Crippen LogP contribution in [0.3, 0.4) is 0 Å². The Morgan fingerprint density at radius 3 is 2.48 bits per heavy atom. The maximum Gasteiger partial charge on any atom is 0.193 e. The van der Waals surface area contributed by atoms with Crippen LogP contribution in [0.4, 0.5) is 0 Å². The van der Waals surface area contributed by atoms with E-state index in [2.05, 4.69) is 20.1 Å². The monoisotopic (exact) mass is 368 g/mol. The fraction of sp³-hybridized carbons (Fsp3) is 0.588. The van der Waals surface area contributed by atoms with Gasteiger partial charge in [0.25, 0.3) is 0 Å². The number of hydrogen-bond donors (Lipinski definition) is 1. The normalized spacial score (nSPS) is 18.0. The molecule has 0 atom stereocenters. The van der Waals surface area contributed by atoms with Crippen molar-refractivity contribution in [1.82, 2.24) is 15.1 Å². The van der Waals surface area contributed by atoms with E-state index in [1.54, 1.807) is 14.2 Å². The lowest BCUT2D eigenvalue weighted by molar-refractivity contribution is 0.298. The van der Waals surface area contributed by atoms with E-state index in [4.69, 9.17) is 4.74 Å². The van der Waals surface area contributed by atoms with E-state index in [9.17, 15) is 8.42 Å². The highest BCUT2D eigenvalue weighted by Gasteiger charge is 2.21. The van der Waals surface area contributed by atoms with Gasteiger partial charge < -0.3 is 15.0 Å². The Labute approximate surface area is 150 Å². The van der Waals surface area contributed by atoms with Crippen molar-refractivity contribution in [3.63, 3.8) is 0 Å². The van der Waals surface area contributed by atoms with Gasteiger partial charge in [-0.25, -0.2) is 8.42 Å². The Balaban J connectivity index is 1.77. The van der Waals surface area contributed by atoms with Crippen LogP contribution in [0.15, 0.2) is 29.3 Å². The highest BCUT2D eigenvalue weighted by Crippen LogP contribution is 2.12. The molecule has 0 radical (unpaired) electrons. The SMILES string of the molecule is CN=C(NCCN1CCS(=O)(=O)CC1)N(C)Cc1ccc(OC)cc1. The van der Waals surface area contributed by atoms with Crippen LogP contribution < -0.4 is 10.1 Å². The lowest BCUT2D eigenvalue weighted by Gasteiger charge is -2.28. The number of guanidine groups is 1. The summed E-state index contributed by atoms with van der Waals surface area (Å²) in [4.78, 5) is 8.55. The smallest absolute Gasteiger partial charge is 0.193 e. The molecule has 1 fully saturated rings. The number of benzene rings is 1. The molecule has 8 heteroatoms. The van der Waals surface area contributed by atoms with E-state index in [0.717, 1.165) is 31.3 Å². The van der Waals surface area contributed by atoms with Gasteiger partial charge in [0, 0.05) is 46.8 Å². The number of rotatable bonds is 6. The second-order valence-corrected chi connectivity index (χ2v) is 8.48. The topological polar surface area (TPSA) is 74.2 Å². The van der Waals surface area contributed by atoms with Crippen LogP contribution >= 0.6 is 0 Å². The Morgan fingerprint density at radius 1 is 1.28 bits per heavy atom. The molecule has 0 aromatic heterocycles. The van der Waals surface area contributed by atoms with E-state index in [1.807, 2.05) is 31.3 Å². The minimum atomic E-state index is -2.82. The first kappa shape index (κ1) is 19.5. The van der Waals surface area contributed by atoms with Crippen LogP contribution in [0.1, 0.15) is 5.56 Å². The number of hydrogen-bond acceptors (Lipinski definition) is 5. The summed E-state index contributed by atoms with van der Waals surface area (Å²) >= 11 is 0. The molecule has 1 aromatic rings. The molecule has 1 aliphatic heterocycles. The summed E-state index contributed by atoms with van der Waals surface area (Å²) in [5, 5.41) is 3.34. The standard InChI is InChI=1S/C17H28N4O3S/c1-18-17(19-8-9-21-10-12-25(22,23)13-11-21)20(2)14-15-4-6-16(24-3)7-5-15/h4-7H,8-14H2,1-3H3,(H,18,19). The van der Waals surface area contributed by atoms with E-state index >= 15 is 0 Å². The van der Waals surface area contributed by atoms with Gasteiger partial charge in [0.05, 0.1) is 18.6 Å². The summed E-state index contributed by atoms with van der Waals surface area (Å²) in [6, 6.07) is 7.97. The lowest BCUT2D eigenvalue weighted by atomic mass is 10.2. The first-order chi connectivity index (χ1) is 11.9. The molecule has 1 N–H and O–H groups in total. The van der Waals surface area contributed by atoms with Gasteiger partial charge in [-0.05, 0) is 17.7 Å². The third-order valence-electron chi connectivity index (χ3n) is 4.30. The largest absolute Gasteiger partial charge is 0.497 e. The molecule has 1 heterocycles. The lowest BCUT2D eigenvalue weighted by Crippen LogP contribution is -2.46. The van der Waals surface area contributed by atoms with Crippen LogP contribution in [-0.2, 0) is 16.4 Å². The predicted octanol–water partition coefficient (Wildman–Crippen LogP) is 0.433. The molecule has 0 aliphatic carbocycles. The van der Waals surface area contributed by atoms with Gasteiger partial charge in [-0.15, -0.1) is 0 Å². The van der Waals surface area contributed by atoms with Gasteiger partial charge in [-0.2, -0.15) is 0 Å². The molecular weight excluding hydrogens is 340 g/mol. The Bertz CT molecular complexity index is 660. The molecule has 0 amide bonds. The van der Waals surface area contributed by atoms with Gasteiger partial charge in [-0.1, -0.05) is 12.1 Å². The van der Waals surface area contributed by atoms with Crippen molar-refractivity contribution in [3.05, 3.63) is 29.8 Å². The number of nitrogens with zero attached hydrogens (tertiary/aromatic N) is 3. The van der Waals surface area contributed by atoms with Crippen molar-refractivity contribution in [3.8, 4) is 5.75 Å². The molecule has 7 nitrogen and oxygen atoms in total. The molecular formula is C17H28N4O3S. The summed E-state index contributed by atoms with van der Waals surface area (Å²) in [5.74, 6) is 2.19. The first-order valence-corrected chi connectivity index (χ1v) is 10.2. The number of nitrogens with one attached hydrogen (secondary N) is 1. The molecule has 1 saturated heterocycles. The van der Waals surface area contributed by atoms with Crippen LogP contribution in [0.25, 0.3) is 0 Å². The Morgan fingerprint density at radius 2 is 1.92 bits per heavy atom. The predicted molar refractivity (Wildman–Crippen MR) is 101 cm³/mol. The maximum atomic E-state index is 11.5. The summed E-state index contributed by atoms with van der Waals surface area (Å²) in [7, 11) is 2.60. The van der Waals surface area contributed by atoms with Crippen LogP contribution in [0, 0.1) is 0 Å². The van der Waals surface area contributed by atoms with Crippen molar-refractivity contribution >= 4 is 15.8 Å². The highest BCUT2D eigenvalue weighted by atomic mass is 32.2. The maximum absolute atomic E-state index is 11.5. The summed E-state index contributed by atoms with van der Waals surface area (Å²) in [6.45, 7) is 3.52. The van der Waals surface area contributed by atoms with E-state index in [-0.39, 0.29) is 11.5 Å². The van der Waals surface area contributed by atoms with Crippen molar-refractivity contribution < 1.29 is 13.2 Å². The highest BCUT2D eigenvalue weighted by molar-refractivity contribution is 7.91. The third kappa shape index (κ3) is 6.21. The second-order valence-electron chi connectivity index (χ2n) is 6.17. The van der Waals surface area contributed by atoms with Gasteiger partial charge in [0.15, 0.2) is 15.8 Å². The zero-order valence-electron chi connectivity index (χ0n) is 15.2. The summed E-state index contributed by atoms with van der Waals surface area (Å²) in [5.41, 5.74) is 1.17. The fourth-order valence-electron chi connectivity index (χ4n) is 2.76. The second kappa shape index (κ2) is 9.05. The molecule has 0 bridgehead atoms. The van der Waals surface area contributed by atoms with Gasteiger partial charge in [0.2, 0.25) is 0 Å². The third-order valence-corrected chi connectivity index (χ3v) is 5.91. The molecule has 2 rings (SSSR count). The first-order valence-electron chi connectivity index (χ1n) is 8.41. The molecule has 0 unspecified atom stereocenters. The fourth-order valence-corrected chi connectivity index (χ4v) is 4.04. The average Bonchev–Trinajstić information content (AvgIpc) is 2.60. The zero-order valence-corrected chi connectivity index (χ0v) is 16.1. The summed E-state index contributed by atoms with van der Waals surface area (Å²) in [6.07, 6.45) is 0. The molecule has 0 spiro atoms. The van der Waals surface area contributed by atoms with Crippen LogP contribution in [-0.4, -0.2) is 83.1 Å². The number of methoxy groups -OCH3 is 1. The van der Waals surface area contributed by atoms with Crippen molar-refractivity contribution in [1.29, 1.82) is 0 Å². The van der Waals surface area contributed by atoms with E-state index in [0.29, 0.717) is 13.1 Å². The average molecular weight is 369 g/mol. The molecule has 1 aliphatic rings. The Hall–Kier alpha value is -1.80. The minimum absolute atomic E-state index is 0.263. The van der Waals surface area contributed by atoms with Gasteiger partial charge >= 0.3 is 0 Å². The molecule has 1 aromatic carbocycles. The van der Waals surface area contributed by atoms with E-state index < -0.39 is 9.84 Å². The van der Waals surface area contributed by atoms with Crippen LogP contribution in [0.5, 0.6) is 5.75 Å². The zero-order chi connectivity index (χ0) is 18.3. The van der Waals surface area contributed by atoms with Crippen molar-refractivity contribution in [2.75, 3.05) is 58.9 Å². The van der Waals surface area contributed by atoms with Crippen molar-refractivity contribution in [2.45, 2.75) is 6.54 Å².